The molecule has 0 fully saturated rings. The molecule has 1 aromatic heterocycles. The zero-order valence-electron chi connectivity index (χ0n) is 18.3. The average molecular weight is 456 g/mol. The molecule has 3 aromatic rings. The number of anilines is 1. The van der Waals surface area contributed by atoms with Crippen LogP contribution in [0.2, 0.25) is 0 Å². The lowest BCUT2D eigenvalue weighted by atomic mass is 10.3. The number of hydrazone groups is 1. The van der Waals surface area contributed by atoms with Crippen molar-refractivity contribution in [3.63, 3.8) is 0 Å². The van der Waals surface area contributed by atoms with Gasteiger partial charge in [-0.1, -0.05) is 36.4 Å². The van der Waals surface area contributed by atoms with E-state index in [0.717, 1.165) is 4.31 Å². The second-order valence-electron chi connectivity index (χ2n) is 7.33. The summed E-state index contributed by atoms with van der Waals surface area (Å²) in [4.78, 5) is 26.0. The Morgan fingerprint density at radius 3 is 2.16 bits per heavy atom. The molecule has 0 aliphatic heterocycles. The van der Waals surface area contributed by atoms with E-state index >= 15 is 0 Å². The third-order valence-corrected chi connectivity index (χ3v) is 6.56. The van der Waals surface area contributed by atoms with Crippen molar-refractivity contribution in [2.75, 3.05) is 10.8 Å². The first-order valence-electron chi connectivity index (χ1n) is 9.86. The molecule has 0 spiro atoms. The molecular formula is C22H25N5O4S. The summed E-state index contributed by atoms with van der Waals surface area (Å²) >= 11 is 0. The molecule has 0 saturated heterocycles. The molecule has 0 atom stereocenters. The van der Waals surface area contributed by atoms with Gasteiger partial charge in [0.25, 0.3) is 21.5 Å². The number of para-hydroxylation sites is 1. The molecule has 32 heavy (non-hydrogen) atoms. The van der Waals surface area contributed by atoms with Crippen LogP contribution in [0.25, 0.3) is 5.69 Å². The number of rotatable bonds is 7. The number of carbonyl (C=O) groups is 1. The zero-order valence-corrected chi connectivity index (χ0v) is 19.1. The number of aromatic nitrogens is 2. The van der Waals surface area contributed by atoms with Gasteiger partial charge in [-0.2, -0.15) is 5.10 Å². The summed E-state index contributed by atoms with van der Waals surface area (Å²) in [6.45, 7) is 4.41. The maximum absolute atomic E-state index is 13.5. The molecular weight excluding hydrogens is 430 g/mol. The Labute approximate surface area is 186 Å². The van der Waals surface area contributed by atoms with Crippen molar-refractivity contribution in [3.05, 3.63) is 76.7 Å². The van der Waals surface area contributed by atoms with Crippen LogP contribution >= 0.6 is 0 Å². The van der Waals surface area contributed by atoms with E-state index in [9.17, 15) is 18.0 Å². The van der Waals surface area contributed by atoms with Crippen molar-refractivity contribution in [1.29, 1.82) is 0 Å². The summed E-state index contributed by atoms with van der Waals surface area (Å²) in [5.41, 5.74) is 3.22. The maximum atomic E-state index is 13.5. The number of amides is 1. The summed E-state index contributed by atoms with van der Waals surface area (Å²) in [6.07, 6.45) is 0. The predicted octanol–water partition coefficient (Wildman–Crippen LogP) is 2.19. The lowest BCUT2D eigenvalue weighted by Gasteiger charge is -2.22. The standard InChI is InChI=1S/C22H25N5O4S/c1-16(2)23-24-20(28)15-26(32(30,31)19-13-9-6-10-14-19)21-17(3)25(4)27(22(21)29)18-11-7-5-8-12-18/h5-14H,15H2,1-4H3,(H,24,28). The topological polar surface area (TPSA) is 106 Å². The molecule has 3 rings (SSSR count). The van der Waals surface area contributed by atoms with Gasteiger partial charge in [-0.15, -0.1) is 0 Å². The van der Waals surface area contributed by atoms with E-state index in [-0.39, 0.29) is 10.6 Å². The number of hydrogen-bond donors (Lipinski definition) is 1. The molecule has 0 bridgehead atoms. The van der Waals surface area contributed by atoms with E-state index < -0.39 is 28.0 Å². The Bertz CT molecular complexity index is 1310. The fourth-order valence-corrected chi connectivity index (χ4v) is 4.68. The first-order valence-corrected chi connectivity index (χ1v) is 11.3. The SMILES string of the molecule is CC(C)=NNC(=O)CN(c1c(C)n(C)n(-c2ccccc2)c1=O)S(=O)(=O)c1ccccc1. The van der Waals surface area contributed by atoms with Crippen LogP contribution in [0.4, 0.5) is 5.69 Å². The van der Waals surface area contributed by atoms with Crippen molar-refractivity contribution in [3.8, 4) is 5.69 Å². The Morgan fingerprint density at radius 1 is 1.03 bits per heavy atom. The first-order chi connectivity index (χ1) is 15.1. The van der Waals surface area contributed by atoms with Gasteiger partial charge in [0.05, 0.1) is 16.3 Å². The minimum absolute atomic E-state index is 0.0307. The lowest BCUT2D eigenvalue weighted by Crippen LogP contribution is -2.42. The van der Waals surface area contributed by atoms with Gasteiger partial charge in [0, 0.05) is 12.8 Å². The third-order valence-electron chi connectivity index (χ3n) is 4.80. The van der Waals surface area contributed by atoms with Crippen molar-refractivity contribution in [2.45, 2.75) is 25.7 Å². The van der Waals surface area contributed by atoms with Crippen molar-refractivity contribution in [2.24, 2.45) is 12.1 Å². The lowest BCUT2D eigenvalue weighted by molar-refractivity contribution is -0.119. The second kappa shape index (κ2) is 9.23. The highest BCUT2D eigenvalue weighted by atomic mass is 32.2. The van der Waals surface area contributed by atoms with E-state index in [0.29, 0.717) is 17.1 Å². The molecule has 0 radical (unpaired) electrons. The van der Waals surface area contributed by atoms with E-state index in [4.69, 9.17) is 0 Å². The highest BCUT2D eigenvalue weighted by Crippen LogP contribution is 2.25. The Kier molecular flexibility index (Phi) is 6.64. The molecule has 9 nitrogen and oxygen atoms in total. The molecule has 2 aromatic carbocycles. The van der Waals surface area contributed by atoms with E-state index in [2.05, 4.69) is 10.5 Å². The number of carbonyl (C=O) groups excluding carboxylic acids is 1. The van der Waals surface area contributed by atoms with Gasteiger partial charge >= 0.3 is 0 Å². The van der Waals surface area contributed by atoms with Crippen LogP contribution in [-0.2, 0) is 21.9 Å². The summed E-state index contributed by atoms with van der Waals surface area (Å²) < 4.78 is 30.8. The number of nitrogens with zero attached hydrogens (tertiary/aromatic N) is 4. The summed E-state index contributed by atoms with van der Waals surface area (Å²) in [7, 11) is -2.56. The first kappa shape index (κ1) is 23.0. The van der Waals surface area contributed by atoms with Gasteiger partial charge in [-0.25, -0.2) is 22.8 Å². The van der Waals surface area contributed by atoms with E-state index in [1.807, 2.05) is 6.07 Å². The largest absolute Gasteiger partial charge is 0.296 e. The number of hydrogen-bond acceptors (Lipinski definition) is 5. The fourth-order valence-electron chi connectivity index (χ4n) is 3.19. The van der Waals surface area contributed by atoms with Crippen LogP contribution in [0.1, 0.15) is 19.5 Å². The highest BCUT2D eigenvalue weighted by Gasteiger charge is 2.33. The fraction of sp³-hybridized carbons (Fsp3) is 0.227. The van der Waals surface area contributed by atoms with Crippen LogP contribution in [0.15, 0.2) is 75.5 Å². The predicted molar refractivity (Wildman–Crippen MR) is 124 cm³/mol. The van der Waals surface area contributed by atoms with Gasteiger partial charge in [0.1, 0.15) is 12.2 Å². The Morgan fingerprint density at radius 2 is 1.59 bits per heavy atom. The van der Waals surface area contributed by atoms with Crippen molar-refractivity contribution in [1.82, 2.24) is 14.8 Å². The minimum atomic E-state index is -4.22. The molecule has 1 heterocycles. The average Bonchev–Trinajstić information content (AvgIpc) is 2.99. The van der Waals surface area contributed by atoms with Crippen LogP contribution in [-0.4, -0.2) is 35.9 Å². The molecule has 0 aliphatic rings. The summed E-state index contributed by atoms with van der Waals surface area (Å²) in [6, 6.07) is 16.5. The molecule has 1 N–H and O–H groups in total. The van der Waals surface area contributed by atoms with Crippen molar-refractivity contribution < 1.29 is 13.2 Å². The molecule has 0 unspecified atom stereocenters. The second-order valence-corrected chi connectivity index (χ2v) is 9.19. The van der Waals surface area contributed by atoms with Crippen LogP contribution in [0.3, 0.4) is 0 Å². The minimum Gasteiger partial charge on any atom is -0.283 e. The molecule has 1 amide bonds. The van der Waals surface area contributed by atoms with Gasteiger partial charge < -0.3 is 0 Å². The normalized spacial score (nSPS) is 11.1. The molecule has 0 saturated carbocycles. The van der Waals surface area contributed by atoms with E-state index in [1.165, 1.54) is 16.8 Å². The quantitative estimate of drug-likeness (QED) is 0.435. The Hall–Kier alpha value is -3.66. The van der Waals surface area contributed by atoms with Gasteiger partial charge in [-0.3, -0.25) is 14.3 Å². The van der Waals surface area contributed by atoms with Gasteiger partial charge in [0.2, 0.25) is 0 Å². The Balaban J connectivity index is 2.20. The van der Waals surface area contributed by atoms with Crippen molar-refractivity contribution >= 4 is 27.3 Å². The number of sulfonamides is 1. The van der Waals surface area contributed by atoms with E-state index in [1.54, 1.807) is 75.0 Å². The molecule has 10 heteroatoms. The van der Waals surface area contributed by atoms with Gasteiger partial charge in [0.15, 0.2) is 0 Å². The van der Waals surface area contributed by atoms with Crippen LogP contribution in [0, 0.1) is 6.92 Å². The molecule has 168 valence electrons. The smallest absolute Gasteiger partial charge is 0.283 e. The highest BCUT2D eigenvalue weighted by molar-refractivity contribution is 7.92. The van der Waals surface area contributed by atoms with Crippen LogP contribution < -0.4 is 15.3 Å². The zero-order chi connectivity index (χ0) is 23.5. The van der Waals surface area contributed by atoms with Crippen LogP contribution in [0.5, 0.6) is 0 Å². The monoisotopic (exact) mass is 455 g/mol. The maximum Gasteiger partial charge on any atom is 0.296 e. The molecule has 0 aliphatic carbocycles. The van der Waals surface area contributed by atoms with Gasteiger partial charge in [-0.05, 0) is 45.0 Å². The summed E-state index contributed by atoms with van der Waals surface area (Å²) in [5, 5.41) is 3.85. The number of nitrogens with one attached hydrogen (secondary N) is 1. The third kappa shape index (κ3) is 4.50. The summed E-state index contributed by atoms with van der Waals surface area (Å²) in [5.74, 6) is -0.667. The number of benzene rings is 2.